The summed E-state index contributed by atoms with van der Waals surface area (Å²) in [4.78, 5) is 13.6. The third kappa shape index (κ3) is 4.69. The van der Waals surface area contributed by atoms with Crippen LogP contribution in [0.5, 0.6) is 0 Å². The quantitative estimate of drug-likeness (QED) is 0.690. The van der Waals surface area contributed by atoms with E-state index >= 15 is 0 Å². The average Bonchev–Trinajstić information content (AvgIpc) is 2.72. The van der Waals surface area contributed by atoms with Gasteiger partial charge in [0.1, 0.15) is 0 Å². The lowest BCUT2D eigenvalue weighted by atomic mass is 10.0. The zero-order chi connectivity index (χ0) is 21.2. The van der Waals surface area contributed by atoms with E-state index in [2.05, 4.69) is 4.72 Å². The van der Waals surface area contributed by atoms with Crippen molar-refractivity contribution in [1.29, 1.82) is 0 Å². The third-order valence-corrected chi connectivity index (χ3v) is 6.96. The van der Waals surface area contributed by atoms with Gasteiger partial charge in [0.2, 0.25) is 10.0 Å². The van der Waals surface area contributed by atoms with Crippen LogP contribution in [0.2, 0.25) is 10.0 Å². The van der Waals surface area contributed by atoms with Gasteiger partial charge in [-0.15, -0.1) is 0 Å². The van der Waals surface area contributed by atoms with Gasteiger partial charge in [0.05, 0.1) is 17.7 Å². The molecule has 3 rings (SSSR count). The van der Waals surface area contributed by atoms with Crippen LogP contribution in [0.25, 0.3) is 0 Å². The predicted molar refractivity (Wildman–Crippen MR) is 114 cm³/mol. The Labute approximate surface area is 180 Å². The molecular weight excluding hydrogens is 435 g/mol. The molecule has 29 heavy (non-hydrogen) atoms. The molecule has 0 radical (unpaired) electrons. The van der Waals surface area contributed by atoms with Crippen molar-refractivity contribution in [3.8, 4) is 0 Å². The topological polar surface area (TPSA) is 75.7 Å². The number of rotatable bonds is 5. The molecule has 1 atom stereocenters. The van der Waals surface area contributed by atoms with Crippen LogP contribution in [0.3, 0.4) is 0 Å². The molecule has 1 N–H and O–H groups in total. The van der Waals surface area contributed by atoms with Crippen LogP contribution in [-0.4, -0.2) is 28.2 Å². The molecule has 0 saturated carbocycles. The van der Waals surface area contributed by atoms with Gasteiger partial charge < -0.3 is 4.74 Å². The number of carbonyl (C=O) groups excluding carboxylic acids is 1. The van der Waals surface area contributed by atoms with Gasteiger partial charge in [-0.2, -0.15) is 0 Å². The van der Waals surface area contributed by atoms with E-state index in [0.29, 0.717) is 40.7 Å². The predicted octanol–water partition coefficient (Wildman–Crippen LogP) is 4.94. The first kappa shape index (κ1) is 21.9. The SMILES string of the molecule is CC[C@H](NS(=O)(=O)c1ccc2c(c1)CCCN2C(=O)OC)c1cc(Cl)ccc1Cl. The first-order chi connectivity index (χ1) is 13.8. The summed E-state index contributed by atoms with van der Waals surface area (Å²) in [5.41, 5.74) is 2.09. The molecule has 6 nitrogen and oxygen atoms in total. The number of amides is 1. The number of aryl methyl sites for hydroxylation is 1. The molecule has 0 saturated heterocycles. The number of methoxy groups -OCH3 is 1. The van der Waals surface area contributed by atoms with Gasteiger partial charge in [0.25, 0.3) is 0 Å². The van der Waals surface area contributed by atoms with Crippen LogP contribution in [-0.2, 0) is 21.2 Å². The van der Waals surface area contributed by atoms with Crippen LogP contribution in [0, 0.1) is 0 Å². The normalized spacial score (nSPS) is 15.0. The fraction of sp³-hybridized carbons (Fsp3) is 0.350. The van der Waals surface area contributed by atoms with Crippen molar-refractivity contribution in [2.75, 3.05) is 18.6 Å². The smallest absolute Gasteiger partial charge is 0.414 e. The summed E-state index contributed by atoms with van der Waals surface area (Å²) in [5, 5.41) is 0.932. The minimum absolute atomic E-state index is 0.138. The molecule has 0 fully saturated rings. The van der Waals surface area contributed by atoms with Crippen LogP contribution in [0.15, 0.2) is 41.3 Å². The van der Waals surface area contributed by atoms with Crippen molar-refractivity contribution in [2.24, 2.45) is 0 Å². The maximum atomic E-state index is 13.0. The number of nitrogens with zero attached hydrogens (tertiary/aromatic N) is 1. The molecule has 156 valence electrons. The van der Waals surface area contributed by atoms with Gasteiger partial charge >= 0.3 is 6.09 Å². The summed E-state index contributed by atoms with van der Waals surface area (Å²) < 4.78 is 33.6. The van der Waals surface area contributed by atoms with Gasteiger partial charge in [-0.3, -0.25) is 4.90 Å². The maximum Gasteiger partial charge on any atom is 0.414 e. The summed E-state index contributed by atoms with van der Waals surface area (Å²) in [6, 6.07) is 9.21. The van der Waals surface area contributed by atoms with E-state index in [1.807, 2.05) is 6.92 Å². The highest BCUT2D eigenvalue weighted by atomic mass is 35.5. The minimum Gasteiger partial charge on any atom is -0.452 e. The Kier molecular flexibility index (Phi) is 6.73. The number of nitrogens with one attached hydrogen (secondary N) is 1. The summed E-state index contributed by atoms with van der Waals surface area (Å²) in [6.07, 6.45) is 1.46. The van der Waals surface area contributed by atoms with Crippen LogP contribution in [0.1, 0.15) is 36.9 Å². The average molecular weight is 457 g/mol. The Morgan fingerprint density at radius 1 is 1.24 bits per heavy atom. The van der Waals surface area contributed by atoms with Crippen molar-refractivity contribution in [3.63, 3.8) is 0 Å². The van der Waals surface area contributed by atoms with Crippen molar-refractivity contribution in [3.05, 3.63) is 57.6 Å². The molecule has 1 aliphatic heterocycles. The number of fused-ring (bicyclic) bond motifs is 1. The van der Waals surface area contributed by atoms with E-state index in [1.165, 1.54) is 18.1 Å². The summed E-state index contributed by atoms with van der Waals surface area (Å²) >= 11 is 12.3. The number of halogens is 2. The Balaban J connectivity index is 1.91. The molecular formula is C20H22Cl2N2O4S. The lowest BCUT2D eigenvalue weighted by Gasteiger charge is -2.28. The van der Waals surface area contributed by atoms with E-state index in [9.17, 15) is 13.2 Å². The fourth-order valence-corrected chi connectivity index (χ4v) is 5.22. The zero-order valence-electron chi connectivity index (χ0n) is 16.1. The zero-order valence-corrected chi connectivity index (χ0v) is 18.4. The fourth-order valence-electron chi connectivity index (χ4n) is 3.44. The van der Waals surface area contributed by atoms with Gasteiger partial charge in [0.15, 0.2) is 0 Å². The first-order valence-electron chi connectivity index (χ1n) is 9.22. The minimum atomic E-state index is -3.81. The number of carbonyl (C=O) groups is 1. The Hall–Kier alpha value is -1.80. The summed E-state index contributed by atoms with van der Waals surface area (Å²) in [6.45, 7) is 2.40. The number of anilines is 1. The van der Waals surface area contributed by atoms with E-state index < -0.39 is 22.2 Å². The van der Waals surface area contributed by atoms with E-state index in [0.717, 1.165) is 12.0 Å². The highest BCUT2D eigenvalue weighted by Gasteiger charge is 2.27. The lowest BCUT2D eigenvalue weighted by molar-refractivity contribution is 0.178. The van der Waals surface area contributed by atoms with E-state index in [4.69, 9.17) is 27.9 Å². The number of sulfonamides is 1. The Morgan fingerprint density at radius 3 is 2.69 bits per heavy atom. The molecule has 9 heteroatoms. The second-order valence-corrected chi connectivity index (χ2v) is 9.32. The largest absolute Gasteiger partial charge is 0.452 e. The van der Waals surface area contributed by atoms with Crippen molar-refractivity contribution in [1.82, 2.24) is 4.72 Å². The number of ether oxygens (including phenoxy) is 1. The molecule has 0 aliphatic carbocycles. The lowest BCUT2D eigenvalue weighted by Crippen LogP contribution is -2.35. The number of hydrogen-bond donors (Lipinski definition) is 1. The molecule has 1 aliphatic rings. The second-order valence-electron chi connectivity index (χ2n) is 6.76. The molecule has 1 amide bonds. The van der Waals surface area contributed by atoms with Crippen molar-refractivity contribution in [2.45, 2.75) is 37.1 Å². The molecule has 0 bridgehead atoms. The first-order valence-corrected chi connectivity index (χ1v) is 11.5. The van der Waals surface area contributed by atoms with Crippen LogP contribution < -0.4 is 9.62 Å². The molecule has 2 aromatic rings. The second kappa shape index (κ2) is 8.92. The van der Waals surface area contributed by atoms with Gasteiger partial charge in [0, 0.05) is 22.6 Å². The summed E-state index contributed by atoms with van der Waals surface area (Å²) in [5.74, 6) is 0. The van der Waals surface area contributed by atoms with Crippen LogP contribution in [0.4, 0.5) is 10.5 Å². The molecule has 0 aromatic heterocycles. The van der Waals surface area contributed by atoms with Crippen molar-refractivity contribution < 1.29 is 17.9 Å². The highest BCUT2D eigenvalue weighted by molar-refractivity contribution is 7.89. The molecule has 0 spiro atoms. The summed E-state index contributed by atoms with van der Waals surface area (Å²) in [7, 11) is -2.49. The Bertz CT molecular complexity index is 1030. The number of hydrogen-bond acceptors (Lipinski definition) is 4. The maximum absolute atomic E-state index is 13.0. The molecule has 2 aromatic carbocycles. The Morgan fingerprint density at radius 2 is 2.00 bits per heavy atom. The van der Waals surface area contributed by atoms with E-state index in [-0.39, 0.29) is 4.90 Å². The number of benzene rings is 2. The van der Waals surface area contributed by atoms with E-state index in [1.54, 1.807) is 30.3 Å². The van der Waals surface area contributed by atoms with Gasteiger partial charge in [-0.1, -0.05) is 30.1 Å². The van der Waals surface area contributed by atoms with Crippen molar-refractivity contribution >= 4 is 45.0 Å². The highest BCUT2D eigenvalue weighted by Crippen LogP contribution is 2.32. The van der Waals surface area contributed by atoms with Gasteiger partial charge in [-0.05, 0) is 66.8 Å². The monoisotopic (exact) mass is 456 g/mol. The van der Waals surface area contributed by atoms with Crippen LogP contribution >= 0.6 is 23.2 Å². The third-order valence-electron chi connectivity index (χ3n) is 4.91. The molecule has 0 unspecified atom stereocenters. The molecule has 1 heterocycles. The van der Waals surface area contributed by atoms with Gasteiger partial charge in [-0.25, -0.2) is 17.9 Å². The standard InChI is InChI=1S/C20H22Cl2N2O4S/c1-3-18(16-12-14(21)6-8-17(16)22)23-29(26,27)15-7-9-19-13(11-15)5-4-10-24(19)20(25)28-2/h6-9,11-12,18,23H,3-5,10H2,1-2H3/t18-/m0/s1.